The summed E-state index contributed by atoms with van der Waals surface area (Å²) in [6.45, 7) is 3.60. The molecule has 0 bridgehead atoms. The van der Waals surface area contributed by atoms with E-state index in [0.29, 0.717) is 28.7 Å². The highest BCUT2D eigenvalue weighted by Crippen LogP contribution is 2.36. The minimum absolute atomic E-state index is 0.359. The van der Waals surface area contributed by atoms with Crippen LogP contribution in [0, 0.1) is 0 Å². The molecule has 0 aliphatic carbocycles. The van der Waals surface area contributed by atoms with E-state index in [4.69, 9.17) is 21.1 Å². The Hall–Kier alpha value is -2.21. The number of ether oxygens (including phenoxy) is 2. The summed E-state index contributed by atoms with van der Waals surface area (Å²) in [5, 5.41) is 0.387. The van der Waals surface area contributed by atoms with Gasteiger partial charge in [-0.05, 0) is 30.7 Å². The number of rotatable bonds is 5. The van der Waals surface area contributed by atoms with Crippen molar-refractivity contribution >= 4 is 29.5 Å². The summed E-state index contributed by atoms with van der Waals surface area (Å²) in [5.74, 6) is 0.115. The highest BCUT2D eigenvalue weighted by molar-refractivity contribution is 6.32. The van der Waals surface area contributed by atoms with Gasteiger partial charge >= 0.3 is 0 Å². The molecule has 0 saturated carbocycles. The molecule has 0 fully saturated rings. The number of methoxy groups -OCH3 is 1. The van der Waals surface area contributed by atoms with E-state index in [-0.39, 0.29) is 5.91 Å². The van der Waals surface area contributed by atoms with Gasteiger partial charge in [-0.25, -0.2) is 0 Å². The summed E-state index contributed by atoms with van der Waals surface area (Å²) < 4.78 is 10.6. The number of carbonyl (C=O) groups excluding carboxylic acids is 2. The Morgan fingerprint density at radius 3 is 2.62 bits per heavy atom. The summed E-state index contributed by atoms with van der Waals surface area (Å²) in [6.07, 6.45) is 2.81. The van der Waals surface area contributed by atoms with Crippen LogP contribution in [0.3, 0.4) is 0 Å². The van der Waals surface area contributed by atoms with Crippen LogP contribution in [-0.2, 0) is 9.59 Å². The third-order valence-corrected chi connectivity index (χ3v) is 2.61. The van der Waals surface area contributed by atoms with Crippen molar-refractivity contribution < 1.29 is 19.1 Å². The predicted molar refractivity (Wildman–Crippen MR) is 80.2 cm³/mol. The number of hydrogen-bond donors (Lipinski definition) is 2. The lowest BCUT2D eigenvalue weighted by Gasteiger charge is -2.11. The van der Waals surface area contributed by atoms with E-state index in [1.165, 1.54) is 20.1 Å². The first-order valence-electron chi connectivity index (χ1n) is 6.22. The maximum Gasteiger partial charge on any atom is 0.262 e. The first kappa shape index (κ1) is 16.8. The van der Waals surface area contributed by atoms with Crippen LogP contribution < -0.4 is 20.3 Å². The van der Waals surface area contributed by atoms with Gasteiger partial charge in [-0.3, -0.25) is 20.4 Å². The van der Waals surface area contributed by atoms with E-state index in [0.717, 1.165) is 0 Å². The molecule has 0 aliphatic heterocycles. The zero-order valence-electron chi connectivity index (χ0n) is 12.0. The minimum Gasteiger partial charge on any atom is -0.493 e. The fourth-order valence-corrected chi connectivity index (χ4v) is 1.76. The number of carbonyl (C=O) groups is 2. The van der Waals surface area contributed by atoms with Crippen LogP contribution >= 0.6 is 11.6 Å². The van der Waals surface area contributed by atoms with Crippen LogP contribution in [0.25, 0.3) is 6.08 Å². The van der Waals surface area contributed by atoms with Crippen molar-refractivity contribution in [1.29, 1.82) is 0 Å². The van der Waals surface area contributed by atoms with Crippen molar-refractivity contribution in [1.82, 2.24) is 10.9 Å². The van der Waals surface area contributed by atoms with Crippen LogP contribution in [0.4, 0.5) is 0 Å². The molecule has 114 valence electrons. The number of halogens is 1. The van der Waals surface area contributed by atoms with Gasteiger partial charge in [-0.2, -0.15) is 0 Å². The topological polar surface area (TPSA) is 76.7 Å². The van der Waals surface area contributed by atoms with Crippen LogP contribution in [0.1, 0.15) is 19.4 Å². The van der Waals surface area contributed by atoms with E-state index in [9.17, 15) is 9.59 Å². The van der Waals surface area contributed by atoms with Crippen molar-refractivity contribution in [2.45, 2.75) is 13.8 Å². The van der Waals surface area contributed by atoms with Gasteiger partial charge in [0.1, 0.15) is 0 Å². The van der Waals surface area contributed by atoms with Crippen molar-refractivity contribution in [2.75, 3.05) is 13.7 Å². The highest BCUT2D eigenvalue weighted by atomic mass is 35.5. The van der Waals surface area contributed by atoms with Crippen LogP contribution in [0.5, 0.6) is 11.5 Å². The Kier molecular flexibility index (Phi) is 6.55. The Morgan fingerprint density at radius 2 is 2.05 bits per heavy atom. The molecule has 0 unspecified atom stereocenters. The van der Waals surface area contributed by atoms with Crippen LogP contribution in [0.15, 0.2) is 18.2 Å². The van der Waals surface area contributed by atoms with Crippen molar-refractivity contribution in [3.8, 4) is 11.5 Å². The molecule has 1 aromatic carbocycles. The van der Waals surface area contributed by atoms with Crippen LogP contribution in [0.2, 0.25) is 5.02 Å². The van der Waals surface area contributed by atoms with E-state index in [1.807, 2.05) is 6.92 Å². The number of nitrogens with one attached hydrogen (secondary N) is 2. The SMILES string of the molecule is CCOc1c(Cl)cc(/C=C/C(=O)NNC(C)=O)cc1OC. The van der Waals surface area contributed by atoms with E-state index < -0.39 is 5.91 Å². The van der Waals surface area contributed by atoms with Gasteiger partial charge in [0.15, 0.2) is 11.5 Å². The zero-order valence-corrected chi connectivity index (χ0v) is 12.8. The molecule has 0 aliphatic rings. The highest BCUT2D eigenvalue weighted by Gasteiger charge is 2.10. The summed E-state index contributed by atoms with van der Waals surface area (Å²) in [5.41, 5.74) is 5.06. The maximum absolute atomic E-state index is 11.4. The quantitative estimate of drug-likeness (QED) is 0.643. The van der Waals surface area contributed by atoms with E-state index >= 15 is 0 Å². The molecule has 0 atom stereocenters. The molecular weight excluding hydrogens is 296 g/mol. The van der Waals surface area contributed by atoms with Gasteiger partial charge < -0.3 is 9.47 Å². The lowest BCUT2D eigenvalue weighted by atomic mass is 10.2. The molecule has 0 radical (unpaired) electrons. The fraction of sp³-hybridized carbons (Fsp3) is 0.286. The largest absolute Gasteiger partial charge is 0.493 e. The van der Waals surface area contributed by atoms with Gasteiger partial charge in [0, 0.05) is 13.0 Å². The molecular formula is C14H17ClN2O4. The second kappa shape index (κ2) is 8.16. The lowest BCUT2D eigenvalue weighted by molar-refractivity contribution is -0.125. The third-order valence-electron chi connectivity index (χ3n) is 2.33. The Morgan fingerprint density at radius 1 is 1.33 bits per heavy atom. The average Bonchev–Trinajstić information content (AvgIpc) is 2.45. The summed E-state index contributed by atoms with van der Waals surface area (Å²) in [6, 6.07) is 3.34. The Balaban J connectivity index is 2.86. The summed E-state index contributed by atoms with van der Waals surface area (Å²) in [7, 11) is 1.51. The van der Waals surface area contributed by atoms with Gasteiger partial charge in [0.05, 0.1) is 18.7 Å². The van der Waals surface area contributed by atoms with E-state index in [2.05, 4.69) is 10.9 Å². The molecule has 2 amide bonds. The van der Waals surface area contributed by atoms with E-state index in [1.54, 1.807) is 18.2 Å². The summed E-state index contributed by atoms with van der Waals surface area (Å²) in [4.78, 5) is 22.1. The smallest absolute Gasteiger partial charge is 0.262 e. The Bertz CT molecular complexity index is 558. The summed E-state index contributed by atoms with van der Waals surface area (Å²) >= 11 is 6.11. The monoisotopic (exact) mass is 312 g/mol. The first-order chi connectivity index (χ1) is 9.97. The first-order valence-corrected chi connectivity index (χ1v) is 6.60. The normalized spacial score (nSPS) is 10.3. The van der Waals surface area contributed by atoms with Crippen molar-refractivity contribution in [3.05, 3.63) is 28.8 Å². The van der Waals surface area contributed by atoms with Gasteiger partial charge in [0.25, 0.3) is 5.91 Å². The average molecular weight is 313 g/mol. The maximum atomic E-state index is 11.4. The second-order valence-electron chi connectivity index (χ2n) is 3.97. The number of benzene rings is 1. The molecule has 0 spiro atoms. The van der Waals surface area contributed by atoms with Gasteiger partial charge in [-0.15, -0.1) is 0 Å². The Labute approximate surface area is 128 Å². The second-order valence-corrected chi connectivity index (χ2v) is 4.38. The predicted octanol–water partition coefficient (Wildman–Crippen LogP) is 1.93. The molecule has 0 aromatic heterocycles. The van der Waals surface area contributed by atoms with Gasteiger partial charge in [-0.1, -0.05) is 11.6 Å². The minimum atomic E-state index is -0.464. The number of amides is 2. The van der Waals surface area contributed by atoms with Crippen molar-refractivity contribution in [2.24, 2.45) is 0 Å². The molecule has 6 nitrogen and oxygen atoms in total. The lowest BCUT2D eigenvalue weighted by Crippen LogP contribution is -2.39. The molecule has 21 heavy (non-hydrogen) atoms. The molecule has 2 N–H and O–H groups in total. The standard InChI is InChI=1S/C14H17ClN2O4/c1-4-21-14-11(15)7-10(8-12(14)20-3)5-6-13(19)17-16-9(2)18/h5-8H,4H2,1-3H3,(H,16,18)(H,17,19)/b6-5+. The molecule has 7 heteroatoms. The van der Waals surface area contributed by atoms with Crippen molar-refractivity contribution in [3.63, 3.8) is 0 Å². The molecule has 1 aromatic rings. The molecule has 0 saturated heterocycles. The van der Waals surface area contributed by atoms with Crippen LogP contribution in [-0.4, -0.2) is 25.5 Å². The molecule has 0 heterocycles. The van der Waals surface area contributed by atoms with Gasteiger partial charge in [0.2, 0.25) is 5.91 Å². The number of hydrogen-bond acceptors (Lipinski definition) is 4. The fourth-order valence-electron chi connectivity index (χ4n) is 1.48. The zero-order chi connectivity index (χ0) is 15.8. The third kappa shape index (κ3) is 5.35. The molecule has 1 rings (SSSR count). The number of hydrazine groups is 1.